The lowest BCUT2D eigenvalue weighted by Gasteiger charge is -2.31. The number of amides is 1. The molecule has 3 aliphatic carbocycles. The Balaban J connectivity index is 0.000000242. The van der Waals surface area contributed by atoms with Crippen LogP contribution in [-0.4, -0.2) is 50.2 Å². The number of carbonyl (C=O) groups is 3. The van der Waals surface area contributed by atoms with Crippen molar-refractivity contribution < 1.29 is 37.8 Å². The van der Waals surface area contributed by atoms with Crippen molar-refractivity contribution in [2.24, 2.45) is 11.3 Å². The molecule has 0 aliphatic heterocycles. The monoisotopic (exact) mass is 375 g/mol. The number of imidazole rings is 1. The van der Waals surface area contributed by atoms with E-state index in [0.717, 1.165) is 18.7 Å². The molecule has 1 aromatic heterocycles. The van der Waals surface area contributed by atoms with Crippen molar-refractivity contribution in [1.29, 1.82) is 0 Å². The lowest BCUT2D eigenvalue weighted by atomic mass is 9.80. The second-order valence-corrected chi connectivity index (χ2v) is 6.82. The number of rotatable bonds is 4. The van der Waals surface area contributed by atoms with Crippen LogP contribution in [0, 0.1) is 11.3 Å². The van der Waals surface area contributed by atoms with Gasteiger partial charge in [-0.1, -0.05) is 0 Å². The molecule has 1 aromatic rings. The normalized spacial score (nSPS) is 28.7. The molecule has 11 heteroatoms. The molecule has 8 nitrogen and oxygen atoms in total. The van der Waals surface area contributed by atoms with E-state index >= 15 is 0 Å². The smallest absolute Gasteiger partial charge is 0.481 e. The molecule has 0 radical (unpaired) electrons. The standard InChI is InChI=1S/C13H15N3O3.C2HF3O2/c17-11(9-5-14-10(15-9)6-1-2-6)16-8-4-13(12(18)19)3-7(8)13;3-2(4,5)1(6)7/h5-8H,1-4H2,(H,14,15)(H,16,17)(H,18,19);(H,6,7)/t7-,8+,13-;/m0./s1. The summed E-state index contributed by atoms with van der Waals surface area (Å²) in [6, 6.07) is 0.0104. The number of alkyl halides is 3. The van der Waals surface area contributed by atoms with Crippen molar-refractivity contribution in [2.75, 3.05) is 0 Å². The van der Waals surface area contributed by atoms with Gasteiger partial charge in [0.15, 0.2) is 0 Å². The fourth-order valence-electron chi connectivity index (χ4n) is 3.22. The van der Waals surface area contributed by atoms with Crippen LogP contribution in [0.5, 0.6) is 0 Å². The lowest BCUT2D eigenvalue weighted by Crippen LogP contribution is -2.48. The van der Waals surface area contributed by atoms with E-state index in [-0.39, 0.29) is 17.9 Å². The summed E-state index contributed by atoms with van der Waals surface area (Å²) in [7, 11) is 0. The molecule has 0 aromatic carbocycles. The highest BCUT2D eigenvalue weighted by atomic mass is 19.4. The summed E-state index contributed by atoms with van der Waals surface area (Å²) in [4.78, 5) is 39.2. The first-order chi connectivity index (χ1) is 12.0. The molecule has 0 unspecified atom stereocenters. The molecule has 26 heavy (non-hydrogen) atoms. The highest BCUT2D eigenvalue weighted by Gasteiger charge is 2.72. The number of hydrogen-bond acceptors (Lipinski definition) is 4. The third-order valence-electron chi connectivity index (χ3n) is 4.99. The first-order valence-electron chi connectivity index (χ1n) is 7.94. The second-order valence-electron chi connectivity index (χ2n) is 6.82. The topological polar surface area (TPSA) is 132 Å². The number of halogens is 3. The predicted octanol–water partition coefficient (Wildman–Crippen LogP) is 1.51. The van der Waals surface area contributed by atoms with Crippen LogP contribution in [0.15, 0.2) is 6.20 Å². The van der Waals surface area contributed by atoms with Gasteiger partial charge in [0.2, 0.25) is 0 Å². The van der Waals surface area contributed by atoms with E-state index in [4.69, 9.17) is 15.0 Å². The molecule has 0 bridgehead atoms. The van der Waals surface area contributed by atoms with E-state index in [9.17, 15) is 22.8 Å². The van der Waals surface area contributed by atoms with Crippen LogP contribution in [0.25, 0.3) is 0 Å². The summed E-state index contributed by atoms with van der Waals surface area (Å²) in [5.74, 6) is -2.14. The summed E-state index contributed by atoms with van der Waals surface area (Å²) in [5.41, 5.74) is -0.0409. The Kier molecular flexibility index (Phi) is 4.20. The molecule has 142 valence electrons. The average molecular weight is 375 g/mol. The van der Waals surface area contributed by atoms with E-state index in [1.54, 1.807) is 6.20 Å². The van der Waals surface area contributed by atoms with E-state index in [2.05, 4.69) is 15.3 Å². The highest BCUT2D eigenvalue weighted by molar-refractivity contribution is 5.93. The SMILES string of the molecule is O=C(N[C@@H]1C[C@@]2(C(=O)O)C[C@@H]12)c1cnc(C2CC2)[nH]1.O=C(O)C(F)(F)F. The van der Waals surface area contributed by atoms with Crippen LogP contribution in [0.4, 0.5) is 13.2 Å². The minimum absolute atomic E-state index is 0.0104. The number of aromatic amines is 1. The Hall–Kier alpha value is -2.59. The van der Waals surface area contributed by atoms with Gasteiger partial charge < -0.3 is 20.5 Å². The molecule has 0 spiro atoms. The minimum atomic E-state index is -5.08. The maximum atomic E-state index is 12.0. The Morgan fingerprint density at radius 2 is 1.85 bits per heavy atom. The third-order valence-corrected chi connectivity index (χ3v) is 4.99. The Morgan fingerprint density at radius 1 is 1.23 bits per heavy atom. The van der Waals surface area contributed by atoms with Gasteiger partial charge in [-0.2, -0.15) is 13.2 Å². The molecule has 1 heterocycles. The number of fused-ring (bicyclic) bond motifs is 1. The van der Waals surface area contributed by atoms with Gasteiger partial charge in [-0.25, -0.2) is 9.78 Å². The van der Waals surface area contributed by atoms with Crippen molar-refractivity contribution in [3.63, 3.8) is 0 Å². The molecule has 1 amide bonds. The van der Waals surface area contributed by atoms with Gasteiger partial charge in [0.25, 0.3) is 5.91 Å². The van der Waals surface area contributed by atoms with Crippen LogP contribution < -0.4 is 5.32 Å². The first kappa shape index (κ1) is 18.2. The zero-order chi connectivity index (χ0) is 19.3. The number of aromatic nitrogens is 2. The van der Waals surface area contributed by atoms with Crippen LogP contribution >= 0.6 is 0 Å². The molecule has 0 saturated heterocycles. The molecule has 3 fully saturated rings. The van der Waals surface area contributed by atoms with Gasteiger partial charge in [0.1, 0.15) is 11.5 Å². The largest absolute Gasteiger partial charge is 0.490 e. The van der Waals surface area contributed by atoms with Crippen LogP contribution in [-0.2, 0) is 9.59 Å². The number of H-pyrrole nitrogens is 1. The Bertz CT molecular complexity index is 758. The summed E-state index contributed by atoms with van der Waals surface area (Å²) in [6.07, 6.45) is 0.0196. The summed E-state index contributed by atoms with van der Waals surface area (Å²) >= 11 is 0. The van der Waals surface area contributed by atoms with Crippen molar-refractivity contribution in [2.45, 2.75) is 43.8 Å². The highest BCUT2D eigenvalue weighted by Crippen LogP contribution is 2.67. The fourth-order valence-corrected chi connectivity index (χ4v) is 3.22. The average Bonchev–Trinajstić information content (AvgIpc) is 3.41. The number of carboxylic acids is 2. The van der Waals surface area contributed by atoms with Crippen molar-refractivity contribution in [3.8, 4) is 0 Å². The minimum Gasteiger partial charge on any atom is -0.481 e. The van der Waals surface area contributed by atoms with Gasteiger partial charge >= 0.3 is 18.1 Å². The lowest BCUT2D eigenvalue weighted by molar-refractivity contribution is -0.192. The molecular weight excluding hydrogens is 359 g/mol. The van der Waals surface area contributed by atoms with Crippen LogP contribution in [0.1, 0.15) is 47.9 Å². The maximum absolute atomic E-state index is 12.0. The number of nitrogens with one attached hydrogen (secondary N) is 2. The van der Waals surface area contributed by atoms with Gasteiger partial charge in [0.05, 0.1) is 11.6 Å². The maximum Gasteiger partial charge on any atom is 0.490 e. The molecule has 4 rings (SSSR count). The molecular formula is C15H16F3N3O5. The predicted molar refractivity (Wildman–Crippen MR) is 78.3 cm³/mol. The molecule has 4 N–H and O–H groups in total. The van der Waals surface area contributed by atoms with Gasteiger partial charge in [-0.15, -0.1) is 0 Å². The zero-order valence-electron chi connectivity index (χ0n) is 13.3. The first-order valence-corrected chi connectivity index (χ1v) is 7.94. The van der Waals surface area contributed by atoms with Gasteiger partial charge in [0, 0.05) is 12.0 Å². The van der Waals surface area contributed by atoms with Gasteiger partial charge in [-0.05, 0) is 31.6 Å². The van der Waals surface area contributed by atoms with Gasteiger partial charge in [-0.3, -0.25) is 9.59 Å². The second kappa shape index (κ2) is 5.99. The Labute approximate surface area is 144 Å². The number of hydrogen-bond donors (Lipinski definition) is 4. The molecule has 3 saturated carbocycles. The number of carbonyl (C=O) groups excluding carboxylic acids is 1. The van der Waals surface area contributed by atoms with E-state index in [1.165, 1.54) is 0 Å². The number of nitrogens with zero attached hydrogens (tertiary/aromatic N) is 1. The number of aliphatic carboxylic acids is 2. The van der Waals surface area contributed by atoms with E-state index in [1.807, 2.05) is 0 Å². The molecule has 3 aliphatic rings. The third kappa shape index (κ3) is 3.37. The number of carboxylic acid groups (broad SMARTS) is 2. The summed E-state index contributed by atoms with van der Waals surface area (Å²) in [6.45, 7) is 0. The summed E-state index contributed by atoms with van der Waals surface area (Å²) in [5, 5.41) is 19.1. The van der Waals surface area contributed by atoms with Crippen LogP contribution in [0.2, 0.25) is 0 Å². The quantitative estimate of drug-likeness (QED) is 0.631. The van der Waals surface area contributed by atoms with Crippen molar-refractivity contribution in [1.82, 2.24) is 15.3 Å². The van der Waals surface area contributed by atoms with E-state index < -0.39 is 23.5 Å². The fraction of sp³-hybridized carbons (Fsp3) is 0.600. The van der Waals surface area contributed by atoms with Crippen LogP contribution in [0.3, 0.4) is 0 Å². The zero-order valence-corrected chi connectivity index (χ0v) is 13.3. The Morgan fingerprint density at radius 3 is 2.27 bits per heavy atom. The summed E-state index contributed by atoms with van der Waals surface area (Å²) < 4.78 is 31.7. The molecule has 3 atom stereocenters. The van der Waals surface area contributed by atoms with Crippen molar-refractivity contribution >= 4 is 17.8 Å². The van der Waals surface area contributed by atoms with Crippen molar-refractivity contribution in [3.05, 3.63) is 17.7 Å². The van der Waals surface area contributed by atoms with E-state index in [0.29, 0.717) is 24.5 Å².